The van der Waals surface area contributed by atoms with E-state index in [0.29, 0.717) is 34.6 Å². The lowest BCUT2D eigenvalue weighted by molar-refractivity contribution is 0.174. The van der Waals surface area contributed by atoms with Crippen molar-refractivity contribution in [2.24, 2.45) is 0 Å². The molecule has 0 unspecified atom stereocenters. The van der Waals surface area contributed by atoms with Gasteiger partial charge in [0, 0.05) is 17.8 Å². The first-order valence-electron chi connectivity index (χ1n) is 4.57. The van der Waals surface area contributed by atoms with E-state index in [4.69, 9.17) is 26.6 Å². The van der Waals surface area contributed by atoms with E-state index < -0.39 is 0 Å². The van der Waals surface area contributed by atoms with E-state index >= 15 is 0 Å². The highest BCUT2D eigenvalue weighted by atomic mass is 35.5. The molecule has 1 aromatic carbocycles. The van der Waals surface area contributed by atoms with Gasteiger partial charge in [0.05, 0.1) is 5.56 Å². The zero-order valence-electron chi connectivity index (χ0n) is 8.61. The van der Waals surface area contributed by atoms with Crippen LogP contribution in [0.5, 0.6) is 0 Å². The summed E-state index contributed by atoms with van der Waals surface area (Å²) in [6.45, 7) is 0.303. The van der Waals surface area contributed by atoms with Crippen molar-refractivity contribution in [3.8, 4) is 11.5 Å². The van der Waals surface area contributed by atoms with E-state index in [-0.39, 0.29) is 0 Å². The Bertz CT molecular complexity index is 499. The highest BCUT2D eigenvalue weighted by Crippen LogP contribution is 2.26. The molecular weight excluding hydrogens is 230 g/mol. The molecule has 2 N–H and O–H groups in total. The van der Waals surface area contributed by atoms with Gasteiger partial charge in [0.25, 0.3) is 5.89 Å². The van der Waals surface area contributed by atoms with Crippen molar-refractivity contribution in [2.75, 3.05) is 12.8 Å². The molecule has 0 bridgehead atoms. The van der Waals surface area contributed by atoms with E-state index in [1.54, 1.807) is 25.3 Å². The summed E-state index contributed by atoms with van der Waals surface area (Å²) in [5.74, 6) is 0.841. The fourth-order valence-electron chi connectivity index (χ4n) is 1.28. The van der Waals surface area contributed by atoms with Crippen molar-refractivity contribution in [1.82, 2.24) is 10.1 Å². The highest BCUT2D eigenvalue weighted by Gasteiger charge is 2.11. The molecule has 0 radical (unpaired) electrons. The topological polar surface area (TPSA) is 74.2 Å². The van der Waals surface area contributed by atoms with Crippen LogP contribution in [0.3, 0.4) is 0 Å². The van der Waals surface area contributed by atoms with Gasteiger partial charge >= 0.3 is 0 Å². The third kappa shape index (κ3) is 2.15. The Hall–Kier alpha value is -1.59. The van der Waals surface area contributed by atoms with Crippen LogP contribution in [0.25, 0.3) is 11.5 Å². The number of hydrogen-bond donors (Lipinski definition) is 1. The minimum atomic E-state index is 0.303. The van der Waals surface area contributed by atoms with Crippen LogP contribution in [-0.4, -0.2) is 17.3 Å². The molecule has 2 aromatic rings. The van der Waals surface area contributed by atoms with Crippen LogP contribution < -0.4 is 5.73 Å². The van der Waals surface area contributed by atoms with Crippen molar-refractivity contribution in [3.05, 3.63) is 29.0 Å². The predicted molar refractivity (Wildman–Crippen MR) is 59.9 cm³/mol. The Labute approximate surface area is 97.2 Å². The second-order valence-corrected chi connectivity index (χ2v) is 3.62. The smallest absolute Gasteiger partial charge is 0.260 e. The molecule has 0 amide bonds. The van der Waals surface area contributed by atoms with Crippen LogP contribution in [-0.2, 0) is 11.3 Å². The van der Waals surface area contributed by atoms with Crippen molar-refractivity contribution in [3.63, 3.8) is 0 Å². The second kappa shape index (κ2) is 4.51. The van der Waals surface area contributed by atoms with Gasteiger partial charge in [-0.3, -0.25) is 0 Å². The van der Waals surface area contributed by atoms with Crippen LogP contribution >= 0.6 is 11.6 Å². The maximum atomic E-state index is 5.79. The van der Waals surface area contributed by atoms with Gasteiger partial charge in [-0.25, -0.2) is 0 Å². The molecule has 0 atom stereocenters. The molecule has 0 fully saturated rings. The molecule has 1 aromatic heterocycles. The normalized spacial score (nSPS) is 10.6. The molecule has 0 spiro atoms. The minimum Gasteiger partial charge on any atom is -0.398 e. The summed E-state index contributed by atoms with van der Waals surface area (Å²) in [5, 5.41) is 4.31. The molecule has 0 saturated heterocycles. The third-order valence-corrected chi connectivity index (χ3v) is 2.22. The average Bonchev–Trinajstić information content (AvgIpc) is 2.67. The molecule has 0 aliphatic heterocycles. The lowest BCUT2D eigenvalue weighted by atomic mass is 10.2. The number of nitrogens with zero attached hydrogens (tertiary/aromatic N) is 2. The first kappa shape index (κ1) is 10.9. The second-order valence-electron chi connectivity index (χ2n) is 3.18. The lowest BCUT2D eigenvalue weighted by Gasteiger charge is -1.99. The summed E-state index contributed by atoms with van der Waals surface area (Å²) < 4.78 is 9.95. The third-order valence-electron chi connectivity index (χ3n) is 1.99. The Morgan fingerprint density at radius 1 is 1.50 bits per heavy atom. The van der Waals surface area contributed by atoms with Crippen LogP contribution in [0.1, 0.15) is 5.82 Å². The Morgan fingerprint density at radius 2 is 2.31 bits per heavy atom. The van der Waals surface area contributed by atoms with E-state index in [9.17, 15) is 0 Å². The minimum absolute atomic E-state index is 0.303. The van der Waals surface area contributed by atoms with Crippen molar-refractivity contribution < 1.29 is 9.26 Å². The van der Waals surface area contributed by atoms with E-state index in [1.807, 2.05) is 0 Å². The number of benzene rings is 1. The van der Waals surface area contributed by atoms with Gasteiger partial charge in [0.1, 0.15) is 6.61 Å². The number of ether oxygens (including phenoxy) is 1. The standard InChI is InChI=1S/C10H10ClN3O2/c1-15-5-9-13-10(16-14-9)7-3-2-6(11)4-8(7)12/h2-4H,5,12H2,1H3. The molecule has 2 rings (SSSR count). The summed E-state index contributed by atoms with van der Waals surface area (Å²) in [4.78, 5) is 4.13. The number of anilines is 1. The van der Waals surface area contributed by atoms with Gasteiger partial charge in [-0.2, -0.15) is 4.98 Å². The van der Waals surface area contributed by atoms with E-state index in [2.05, 4.69) is 10.1 Å². The summed E-state index contributed by atoms with van der Waals surface area (Å²) in [5.41, 5.74) is 6.96. The largest absolute Gasteiger partial charge is 0.398 e. The first-order chi connectivity index (χ1) is 7.70. The Balaban J connectivity index is 2.35. The van der Waals surface area contributed by atoms with Gasteiger partial charge < -0.3 is 15.0 Å². The number of aromatic nitrogens is 2. The zero-order valence-corrected chi connectivity index (χ0v) is 9.36. The Kier molecular flexibility index (Phi) is 3.07. The van der Waals surface area contributed by atoms with Gasteiger partial charge in [0.2, 0.25) is 0 Å². The summed E-state index contributed by atoms with van der Waals surface area (Å²) in [6.07, 6.45) is 0. The van der Waals surface area contributed by atoms with E-state index in [0.717, 1.165) is 0 Å². The summed E-state index contributed by atoms with van der Waals surface area (Å²) in [7, 11) is 1.56. The first-order valence-corrected chi connectivity index (χ1v) is 4.95. The van der Waals surface area contributed by atoms with Gasteiger partial charge in [-0.15, -0.1) is 0 Å². The monoisotopic (exact) mass is 239 g/mol. The number of halogens is 1. The number of rotatable bonds is 3. The van der Waals surface area contributed by atoms with Gasteiger partial charge in [-0.1, -0.05) is 16.8 Å². The molecule has 0 aliphatic rings. The quantitative estimate of drug-likeness (QED) is 0.831. The van der Waals surface area contributed by atoms with Crippen molar-refractivity contribution in [2.45, 2.75) is 6.61 Å². The molecular formula is C10H10ClN3O2. The highest BCUT2D eigenvalue weighted by molar-refractivity contribution is 6.31. The van der Waals surface area contributed by atoms with E-state index in [1.165, 1.54) is 0 Å². The molecule has 0 saturated carbocycles. The van der Waals surface area contributed by atoms with Crippen LogP contribution in [0.4, 0.5) is 5.69 Å². The van der Waals surface area contributed by atoms with Gasteiger partial charge in [0.15, 0.2) is 5.82 Å². The Morgan fingerprint density at radius 3 is 3.00 bits per heavy atom. The van der Waals surface area contributed by atoms with Crippen LogP contribution in [0.15, 0.2) is 22.7 Å². The maximum Gasteiger partial charge on any atom is 0.260 e. The fourth-order valence-corrected chi connectivity index (χ4v) is 1.46. The van der Waals surface area contributed by atoms with Gasteiger partial charge in [-0.05, 0) is 18.2 Å². The van der Waals surface area contributed by atoms with Crippen molar-refractivity contribution >= 4 is 17.3 Å². The van der Waals surface area contributed by atoms with Crippen molar-refractivity contribution in [1.29, 1.82) is 0 Å². The predicted octanol–water partition coefficient (Wildman–Crippen LogP) is 2.12. The number of nitrogens with two attached hydrogens (primary N) is 1. The number of hydrogen-bond acceptors (Lipinski definition) is 5. The molecule has 0 aliphatic carbocycles. The lowest BCUT2D eigenvalue weighted by Crippen LogP contribution is -1.91. The van der Waals surface area contributed by atoms with Crippen LogP contribution in [0.2, 0.25) is 5.02 Å². The molecule has 6 heteroatoms. The number of nitrogen functional groups attached to an aromatic ring is 1. The molecule has 5 nitrogen and oxygen atoms in total. The molecule has 84 valence electrons. The number of methoxy groups -OCH3 is 1. The van der Waals surface area contributed by atoms with Crippen LogP contribution in [0, 0.1) is 0 Å². The average molecular weight is 240 g/mol. The summed E-state index contributed by atoms with van der Waals surface area (Å²) >= 11 is 5.79. The summed E-state index contributed by atoms with van der Waals surface area (Å²) in [6, 6.07) is 5.09. The zero-order chi connectivity index (χ0) is 11.5. The maximum absolute atomic E-state index is 5.79. The molecule has 16 heavy (non-hydrogen) atoms. The SMILES string of the molecule is COCc1noc(-c2ccc(Cl)cc2N)n1. The fraction of sp³-hybridized carbons (Fsp3) is 0.200. The molecule has 1 heterocycles.